The highest BCUT2D eigenvalue weighted by molar-refractivity contribution is 5.75. The van der Waals surface area contributed by atoms with Gasteiger partial charge in [-0.15, -0.1) is 0 Å². The number of carbonyl (C=O) groups excluding carboxylic acids is 1. The third-order valence-corrected chi connectivity index (χ3v) is 4.19. The topological polar surface area (TPSA) is 41.1 Å². The molecular formula is C17H26N2O. The van der Waals surface area contributed by atoms with E-state index in [0.29, 0.717) is 18.3 Å². The van der Waals surface area contributed by atoms with Gasteiger partial charge in [-0.05, 0) is 50.3 Å². The highest BCUT2D eigenvalue weighted by Gasteiger charge is 2.16. The van der Waals surface area contributed by atoms with Crippen molar-refractivity contribution in [2.24, 2.45) is 5.92 Å². The third-order valence-electron chi connectivity index (χ3n) is 4.19. The summed E-state index contributed by atoms with van der Waals surface area (Å²) < 4.78 is 0. The van der Waals surface area contributed by atoms with Gasteiger partial charge in [-0.2, -0.15) is 0 Å². The Morgan fingerprint density at radius 2 is 2.15 bits per heavy atom. The Morgan fingerprint density at radius 1 is 1.40 bits per heavy atom. The van der Waals surface area contributed by atoms with Crippen molar-refractivity contribution in [1.29, 1.82) is 0 Å². The summed E-state index contributed by atoms with van der Waals surface area (Å²) in [4.78, 5) is 11.9. The van der Waals surface area contributed by atoms with Crippen LogP contribution >= 0.6 is 0 Å². The Labute approximate surface area is 122 Å². The first-order valence-electron chi connectivity index (χ1n) is 7.69. The lowest BCUT2D eigenvalue weighted by atomic mass is 9.99. The molecule has 2 N–H and O–H groups in total. The molecule has 1 aliphatic rings. The number of hydrogen-bond donors (Lipinski definition) is 2. The molecule has 1 amide bonds. The summed E-state index contributed by atoms with van der Waals surface area (Å²) in [5.74, 6) is 1.25. The van der Waals surface area contributed by atoms with E-state index in [-0.39, 0.29) is 5.91 Å². The first-order chi connectivity index (χ1) is 9.65. The molecule has 1 aliphatic heterocycles. The van der Waals surface area contributed by atoms with Gasteiger partial charge in [0, 0.05) is 13.0 Å². The summed E-state index contributed by atoms with van der Waals surface area (Å²) in [6, 6.07) is 8.55. The lowest BCUT2D eigenvalue weighted by molar-refractivity contribution is -0.121. The molecule has 20 heavy (non-hydrogen) atoms. The fourth-order valence-corrected chi connectivity index (χ4v) is 2.66. The van der Waals surface area contributed by atoms with E-state index < -0.39 is 0 Å². The number of amides is 1. The van der Waals surface area contributed by atoms with Crippen molar-refractivity contribution in [1.82, 2.24) is 10.6 Å². The van der Waals surface area contributed by atoms with E-state index >= 15 is 0 Å². The van der Waals surface area contributed by atoms with Gasteiger partial charge in [0.2, 0.25) is 5.91 Å². The smallest absolute Gasteiger partial charge is 0.220 e. The van der Waals surface area contributed by atoms with Crippen LogP contribution in [0.1, 0.15) is 43.2 Å². The first kappa shape index (κ1) is 15.0. The number of rotatable bonds is 6. The lowest BCUT2D eigenvalue weighted by Crippen LogP contribution is -2.27. The maximum absolute atomic E-state index is 11.9. The molecule has 1 heterocycles. The van der Waals surface area contributed by atoms with Crippen LogP contribution in [0, 0.1) is 12.8 Å². The number of nitrogens with one attached hydrogen (secondary N) is 2. The maximum atomic E-state index is 11.9. The van der Waals surface area contributed by atoms with E-state index in [0.717, 1.165) is 26.1 Å². The molecular weight excluding hydrogens is 248 g/mol. The number of hydrogen-bond acceptors (Lipinski definition) is 2. The van der Waals surface area contributed by atoms with Crippen LogP contribution in [0.4, 0.5) is 0 Å². The second kappa shape index (κ2) is 7.44. The molecule has 0 radical (unpaired) electrons. The highest BCUT2D eigenvalue weighted by Crippen LogP contribution is 2.16. The molecule has 1 saturated heterocycles. The van der Waals surface area contributed by atoms with Gasteiger partial charge >= 0.3 is 0 Å². The van der Waals surface area contributed by atoms with E-state index in [2.05, 4.69) is 48.7 Å². The van der Waals surface area contributed by atoms with Crippen LogP contribution in [0.25, 0.3) is 0 Å². The minimum atomic E-state index is 0.191. The van der Waals surface area contributed by atoms with E-state index in [1.807, 2.05) is 0 Å². The van der Waals surface area contributed by atoms with Gasteiger partial charge in [0.1, 0.15) is 0 Å². The van der Waals surface area contributed by atoms with Crippen molar-refractivity contribution in [3.05, 3.63) is 35.4 Å². The molecule has 2 unspecified atom stereocenters. The molecule has 0 bridgehead atoms. The largest absolute Gasteiger partial charge is 0.356 e. The van der Waals surface area contributed by atoms with Crippen LogP contribution in [-0.2, 0) is 4.79 Å². The maximum Gasteiger partial charge on any atom is 0.220 e. The fraction of sp³-hybridized carbons (Fsp3) is 0.588. The highest BCUT2D eigenvalue weighted by atomic mass is 16.1. The van der Waals surface area contributed by atoms with Gasteiger partial charge in [0.15, 0.2) is 0 Å². The Balaban J connectivity index is 1.68. The molecule has 3 nitrogen and oxygen atoms in total. The Kier molecular flexibility index (Phi) is 5.60. The second-order valence-electron chi connectivity index (χ2n) is 6.01. The zero-order chi connectivity index (χ0) is 14.4. The van der Waals surface area contributed by atoms with Gasteiger partial charge < -0.3 is 10.6 Å². The Morgan fingerprint density at radius 3 is 2.80 bits per heavy atom. The molecule has 3 heteroatoms. The molecule has 110 valence electrons. The molecule has 0 aliphatic carbocycles. The normalized spacial score (nSPS) is 19.8. The van der Waals surface area contributed by atoms with Gasteiger partial charge in [0.25, 0.3) is 0 Å². The number of aryl methyl sites for hydroxylation is 1. The predicted octanol–water partition coefficient (Wildman–Crippen LogP) is 2.60. The number of carbonyl (C=O) groups is 1. The van der Waals surface area contributed by atoms with Crippen molar-refractivity contribution in [2.75, 3.05) is 19.6 Å². The van der Waals surface area contributed by atoms with Gasteiger partial charge in [-0.3, -0.25) is 4.79 Å². The van der Waals surface area contributed by atoms with Crippen molar-refractivity contribution >= 4 is 5.91 Å². The van der Waals surface area contributed by atoms with Crippen LogP contribution in [-0.4, -0.2) is 25.5 Å². The summed E-state index contributed by atoms with van der Waals surface area (Å²) in [5.41, 5.74) is 2.56. The van der Waals surface area contributed by atoms with E-state index in [1.165, 1.54) is 17.5 Å². The number of benzene rings is 1. The molecule has 1 aromatic carbocycles. The molecule has 0 saturated carbocycles. The average Bonchev–Trinajstić information content (AvgIpc) is 2.96. The Bertz CT molecular complexity index is 421. The summed E-state index contributed by atoms with van der Waals surface area (Å²) in [7, 11) is 0. The third kappa shape index (κ3) is 4.64. The zero-order valence-electron chi connectivity index (χ0n) is 12.6. The predicted molar refractivity (Wildman–Crippen MR) is 82.8 cm³/mol. The molecule has 0 aromatic heterocycles. The lowest BCUT2D eigenvalue weighted by Gasteiger charge is -2.14. The van der Waals surface area contributed by atoms with Crippen molar-refractivity contribution in [3.8, 4) is 0 Å². The van der Waals surface area contributed by atoms with Crippen LogP contribution in [0.3, 0.4) is 0 Å². The van der Waals surface area contributed by atoms with Crippen LogP contribution in [0.2, 0.25) is 0 Å². The summed E-state index contributed by atoms with van der Waals surface area (Å²) >= 11 is 0. The molecule has 1 fully saturated rings. The van der Waals surface area contributed by atoms with Crippen molar-refractivity contribution in [3.63, 3.8) is 0 Å². The van der Waals surface area contributed by atoms with Crippen LogP contribution < -0.4 is 10.6 Å². The zero-order valence-corrected chi connectivity index (χ0v) is 12.6. The average molecular weight is 274 g/mol. The second-order valence-corrected chi connectivity index (χ2v) is 6.01. The molecule has 1 aromatic rings. The Hall–Kier alpha value is -1.35. The van der Waals surface area contributed by atoms with Crippen LogP contribution in [0.5, 0.6) is 0 Å². The van der Waals surface area contributed by atoms with E-state index in [9.17, 15) is 4.79 Å². The van der Waals surface area contributed by atoms with Gasteiger partial charge in [-0.25, -0.2) is 0 Å². The van der Waals surface area contributed by atoms with E-state index in [1.54, 1.807) is 0 Å². The van der Waals surface area contributed by atoms with E-state index in [4.69, 9.17) is 0 Å². The fourth-order valence-electron chi connectivity index (χ4n) is 2.66. The molecule has 2 atom stereocenters. The summed E-state index contributed by atoms with van der Waals surface area (Å²) in [6.07, 6.45) is 2.89. The van der Waals surface area contributed by atoms with Gasteiger partial charge in [-0.1, -0.05) is 36.8 Å². The minimum Gasteiger partial charge on any atom is -0.356 e. The van der Waals surface area contributed by atoms with Crippen molar-refractivity contribution in [2.45, 2.75) is 39.0 Å². The monoisotopic (exact) mass is 274 g/mol. The van der Waals surface area contributed by atoms with Gasteiger partial charge in [0.05, 0.1) is 0 Å². The molecule has 0 spiro atoms. The quantitative estimate of drug-likeness (QED) is 0.837. The van der Waals surface area contributed by atoms with Crippen LogP contribution in [0.15, 0.2) is 24.3 Å². The van der Waals surface area contributed by atoms with Crippen molar-refractivity contribution < 1.29 is 4.79 Å². The first-order valence-corrected chi connectivity index (χ1v) is 7.69. The summed E-state index contributed by atoms with van der Waals surface area (Å²) in [6.45, 7) is 7.16. The molecule has 2 rings (SSSR count). The minimum absolute atomic E-state index is 0.191. The standard InChI is InChI=1S/C17H26N2O/c1-13-3-6-16(7-4-13)14(2)11-19-17(20)8-5-15-9-10-18-12-15/h3-4,6-7,14-15,18H,5,8-12H2,1-2H3,(H,19,20). The SMILES string of the molecule is Cc1ccc(C(C)CNC(=O)CCC2CCNC2)cc1. The summed E-state index contributed by atoms with van der Waals surface area (Å²) in [5, 5.41) is 6.40.